The van der Waals surface area contributed by atoms with Crippen LogP contribution >= 0.6 is 0 Å². The van der Waals surface area contributed by atoms with Crippen molar-refractivity contribution in [2.24, 2.45) is 0 Å². The number of aromatic hydroxyl groups is 1. The van der Waals surface area contributed by atoms with E-state index < -0.39 is 0 Å². The zero-order valence-electron chi connectivity index (χ0n) is 7.23. The van der Waals surface area contributed by atoms with E-state index in [-0.39, 0.29) is 11.9 Å². The highest BCUT2D eigenvalue weighted by atomic mass is 16.5. The van der Waals surface area contributed by atoms with Crippen LogP contribution in [0.3, 0.4) is 0 Å². The first-order valence-electron chi connectivity index (χ1n) is 4.41. The van der Waals surface area contributed by atoms with Crippen molar-refractivity contribution in [1.82, 2.24) is 9.97 Å². The summed E-state index contributed by atoms with van der Waals surface area (Å²) in [4.78, 5) is 7.49. The highest BCUT2D eigenvalue weighted by Gasteiger charge is 2.20. The van der Waals surface area contributed by atoms with Crippen molar-refractivity contribution in [3.05, 3.63) is 18.2 Å². The molecule has 1 aromatic rings. The lowest BCUT2D eigenvalue weighted by molar-refractivity contribution is 0.0107. The molecule has 1 N–H and O–H groups in total. The second kappa shape index (κ2) is 3.70. The van der Waals surface area contributed by atoms with Gasteiger partial charge >= 0.3 is 0 Å². The van der Waals surface area contributed by atoms with Crippen molar-refractivity contribution in [1.29, 1.82) is 0 Å². The predicted molar refractivity (Wildman–Crippen MR) is 45.1 cm³/mol. The molecule has 0 amide bonds. The van der Waals surface area contributed by atoms with Crippen molar-refractivity contribution in [2.45, 2.75) is 25.4 Å². The Morgan fingerprint density at radius 1 is 1.54 bits per heavy atom. The van der Waals surface area contributed by atoms with E-state index in [1.165, 1.54) is 6.20 Å². The fraction of sp³-hybridized carbons (Fsp3) is 0.556. The third-order valence-corrected chi connectivity index (χ3v) is 2.16. The molecule has 2 heterocycles. The van der Waals surface area contributed by atoms with Crippen LogP contribution in [0.4, 0.5) is 0 Å². The molecule has 2 rings (SSSR count). The lowest BCUT2D eigenvalue weighted by Crippen LogP contribution is -2.13. The maximum atomic E-state index is 9.44. The van der Waals surface area contributed by atoms with Gasteiger partial charge < -0.3 is 9.84 Å². The summed E-state index contributed by atoms with van der Waals surface area (Å²) in [5.41, 5.74) is 0.565. The highest BCUT2D eigenvalue weighted by molar-refractivity contribution is 5.23. The lowest BCUT2D eigenvalue weighted by atomic mass is 10.1. The first-order chi connectivity index (χ1) is 6.38. The number of hydrogen-bond acceptors (Lipinski definition) is 4. The van der Waals surface area contributed by atoms with Crippen molar-refractivity contribution in [3.8, 4) is 5.75 Å². The Morgan fingerprint density at radius 2 is 2.46 bits per heavy atom. The van der Waals surface area contributed by atoms with Crippen molar-refractivity contribution in [3.63, 3.8) is 0 Å². The minimum Gasteiger partial charge on any atom is -0.504 e. The molecule has 4 nitrogen and oxygen atoms in total. The molecule has 4 heteroatoms. The Kier molecular flexibility index (Phi) is 2.40. The average molecular weight is 179 g/mol. The van der Waals surface area contributed by atoms with Gasteiger partial charge in [0.25, 0.3) is 0 Å². The van der Waals surface area contributed by atoms with Crippen molar-refractivity contribution in [2.75, 3.05) is 6.61 Å². The largest absolute Gasteiger partial charge is 0.504 e. The molecule has 1 atom stereocenters. The third kappa shape index (κ3) is 1.78. The standard InChI is InChI=1S/C9H11N2O2/c12-7-5-10-6-11-9(7)8-3-1-2-4-13-8/h5,8,12H,1-4H2. The van der Waals surface area contributed by atoms with E-state index in [1.807, 2.05) is 0 Å². The molecule has 0 spiro atoms. The summed E-state index contributed by atoms with van der Waals surface area (Å²) >= 11 is 0. The fourth-order valence-corrected chi connectivity index (χ4v) is 1.49. The smallest absolute Gasteiger partial charge is 0.198 e. The van der Waals surface area contributed by atoms with E-state index in [9.17, 15) is 5.11 Å². The Hall–Kier alpha value is -1.16. The molecular formula is C9H11N2O2. The summed E-state index contributed by atoms with van der Waals surface area (Å²) in [6.07, 6.45) is 6.85. The lowest BCUT2D eigenvalue weighted by Gasteiger charge is -2.21. The summed E-state index contributed by atoms with van der Waals surface area (Å²) in [6, 6.07) is 0. The molecular weight excluding hydrogens is 168 g/mol. The number of ether oxygens (including phenoxy) is 1. The molecule has 0 aromatic carbocycles. The topological polar surface area (TPSA) is 55.2 Å². The molecule has 1 aromatic heterocycles. The number of rotatable bonds is 1. The minimum atomic E-state index is -0.0759. The minimum absolute atomic E-state index is 0.0759. The van der Waals surface area contributed by atoms with E-state index in [0.717, 1.165) is 25.9 Å². The molecule has 1 fully saturated rings. The van der Waals surface area contributed by atoms with Gasteiger partial charge in [-0.3, -0.25) is 0 Å². The van der Waals surface area contributed by atoms with Gasteiger partial charge in [0.15, 0.2) is 12.1 Å². The van der Waals surface area contributed by atoms with E-state index >= 15 is 0 Å². The molecule has 0 saturated carbocycles. The molecule has 1 radical (unpaired) electrons. The second-order valence-electron chi connectivity index (χ2n) is 3.10. The van der Waals surface area contributed by atoms with Crippen LogP contribution in [-0.4, -0.2) is 21.7 Å². The van der Waals surface area contributed by atoms with Crippen molar-refractivity contribution < 1.29 is 9.84 Å². The van der Waals surface area contributed by atoms with Gasteiger partial charge in [0.1, 0.15) is 11.8 Å². The van der Waals surface area contributed by atoms with Crippen LogP contribution in [0.2, 0.25) is 0 Å². The third-order valence-electron chi connectivity index (χ3n) is 2.16. The SMILES string of the molecule is Oc1cn[c]nc1C1CCCCO1. The molecule has 0 aliphatic carbocycles. The van der Waals surface area contributed by atoms with E-state index in [1.54, 1.807) is 0 Å². The van der Waals surface area contributed by atoms with Gasteiger partial charge in [-0.15, -0.1) is 0 Å². The first-order valence-corrected chi connectivity index (χ1v) is 4.41. The Labute approximate surface area is 76.6 Å². The van der Waals surface area contributed by atoms with Crippen LogP contribution in [0.25, 0.3) is 0 Å². The van der Waals surface area contributed by atoms with Gasteiger partial charge in [-0.2, -0.15) is 0 Å². The predicted octanol–water partition coefficient (Wildman–Crippen LogP) is 1.22. The van der Waals surface area contributed by atoms with Gasteiger partial charge in [0.05, 0.1) is 6.20 Å². The van der Waals surface area contributed by atoms with E-state index in [4.69, 9.17) is 4.74 Å². The van der Waals surface area contributed by atoms with Crippen LogP contribution in [0.15, 0.2) is 6.20 Å². The van der Waals surface area contributed by atoms with E-state index in [2.05, 4.69) is 16.3 Å². The number of nitrogens with zero attached hydrogens (tertiary/aromatic N) is 2. The van der Waals surface area contributed by atoms with Gasteiger partial charge in [-0.1, -0.05) is 0 Å². The van der Waals surface area contributed by atoms with Crippen LogP contribution in [0, 0.1) is 6.33 Å². The van der Waals surface area contributed by atoms with Crippen LogP contribution in [0.1, 0.15) is 31.1 Å². The fourth-order valence-electron chi connectivity index (χ4n) is 1.49. The summed E-state index contributed by atoms with van der Waals surface area (Å²) in [5.74, 6) is 0.102. The van der Waals surface area contributed by atoms with Crippen molar-refractivity contribution >= 4 is 0 Å². The second-order valence-corrected chi connectivity index (χ2v) is 3.10. The Balaban J connectivity index is 2.18. The number of aromatic nitrogens is 2. The Bertz CT molecular complexity index is 285. The normalized spacial score (nSPS) is 22.9. The quantitative estimate of drug-likeness (QED) is 0.704. The first kappa shape index (κ1) is 8.44. The molecule has 0 bridgehead atoms. The molecule has 1 saturated heterocycles. The number of hydrogen-bond donors (Lipinski definition) is 1. The molecule has 1 unspecified atom stereocenters. The van der Waals surface area contributed by atoms with Gasteiger partial charge in [0.2, 0.25) is 0 Å². The highest BCUT2D eigenvalue weighted by Crippen LogP contribution is 2.30. The van der Waals surface area contributed by atoms with Crippen LogP contribution in [-0.2, 0) is 4.74 Å². The summed E-state index contributed by atoms with van der Waals surface area (Å²) < 4.78 is 5.47. The zero-order valence-corrected chi connectivity index (χ0v) is 7.23. The summed E-state index contributed by atoms with van der Waals surface area (Å²) in [7, 11) is 0. The molecule has 13 heavy (non-hydrogen) atoms. The maximum absolute atomic E-state index is 9.44. The van der Waals surface area contributed by atoms with Crippen LogP contribution < -0.4 is 0 Å². The Morgan fingerprint density at radius 3 is 3.15 bits per heavy atom. The molecule has 1 aliphatic heterocycles. The van der Waals surface area contributed by atoms with Gasteiger partial charge in [-0.25, -0.2) is 9.97 Å². The maximum Gasteiger partial charge on any atom is 0.198 e. The summed E-state index contributed by atoms with van der Waals surface area (Å²) in [5, 5.41) is 9.44. The van der Waals surface area contributed by atoms with Gasteiger partial charge in [-0.05, 0) is 19.3 Å². The molecule has 1 aliphatic rings. The summed E-state index contributed by atoms with van der Waals surface area (Å²) in [6.45, 7) is 0.744. The zero-order chi connectivity index (χ0) is 9.10. The monoisotopic (exact) mass is 179 g/mol. The average Bonchev–Trinajstić information content (AvgIpc) is 2.20. The van der Waals surface area contributed by atoms with Crippen LogP contribution in [0.5, 0.6) is 5.75 Å². The molecule has 69 valence electrons. The van der Waals surface area contributed by atoms with Gasteiger partial charge in [0, 0.05) is 6.61 Å². The van der Waals surface area contributed by atoms with E-state index in [0.29, 0.717) is 5.69 Å².